The fourth-order valence-corrected chi connectivity index (χ4v) is 5.30. The SMILES string of the molecule is C/C1=C\CC(C)(C)/C=C/C(=O)[C@@H](C)[C@@H]([Se]c2ccccc2)CC1. The Morgan fingerprint density at radius 2 is 1.87 bits per heavy atom. The van der Waals surface area contributed by atoms with E-state index >= 15 is 0 Å². The fourth-order valence-electron chi connectivity index (χ4n) is 2.70. The molecule has 0 aliphatic heterocycles. The molecule has 2 heteroatoms. The predicted molar refractivity (Wildman–Crippen MR) is 100 cm³/mol. The summed E-state index contributed by atoms with van der Waals surface area (Å²) in [5.74, 6) is 0.397. The van der Waals surface area contributed by atoms with Crippen LogP contribution in [0.2, 0.25) is 4.82 Å². The van der Waals surface area contributed by atoms with Crippen LogP contribution >= 0.6 is 0 Å². The van der Waals surface area contributed by atoms with Gasteiger partial charge < -0.3 is 0 Å². The number of ketones is 1. The number of allylic oxidation sites excluding steroid dienone is 4. The van der Waals surface area contributed by atoms with Gasteiger partial charge in [0.05, 0.1) is 0 Å². The van der Waals surface area contributed by atoms with Gasteiger partial charge in [0.25, 0.3) is 0 Å². The fraction of sp³-hybridized carbons (Fsp3) is 0.476. The van der Waals surface area contributed by atoms with Gasteiger partial charge in [0, 0.05) is 0 Å². The van der Waals surface area contributed by atoms with E-state index in [0.29, 0.717) is 25.6 Å². The van der Waals surface area contributed by atoms with Crippen molar-refractivity contribution in [3.63, 3.8) is 0 Å². The van der Waals surface area contributed by atoms with Gasteiger partial charge in [-0.1, -0.05) is 0 Å². The van der Waals surface area contributed by atoms with Gasteiger partial charge in [-0.05, 0) is 0 Å². The number of rotatable bonds is 2. The minimum atomic E-state index is 0.0566. The molecule has 1 nitrogen and oxygen atoms in total. The van der Waals surface area contributed by atoms with E-state index in [9.17, 15) is 4.79 Å². The molecule has 124 valence electrons. The Kier molecular flexibility index (Phi) is 6.44. The number of hydrogen-bond donors (Lipinski definition) is 0. The second-order valence-corrected chi connectivity index (χ2v) is 10.0. The van der Waals surface area contributed by atoms with E-state index in [1.165, 1.54) is 10.0 Å². The summed E-state index contributed by atoms with van der Waals surface area (Å²) in [5, 5.41) is 0. The van der Waals surface area contributed by atoms with Gasteiger partial charge in [-0.2, -0.15) is 0 Å². The molecule has 23 heavy (non-hydrogen) atoms. The standard InChI is InChI=1S/C21H28OSe/c1-16-10-11-20(23-18-8-6-5-7-9-18)17(2)19(22)13-15-21(3,4)14-12-16/h5-9,12-13,15,17,20H,10-11,14H2,1-4H3/b15-13+,16-12+/t17-,20+/m1/s1. The Labute approximate surface area is 147 Å². The molecule has 1 aliphatic carbocycles. The molecule has 0 aromatic heterocycles. The molecule has 0 unspecified atom stereocenters. The Balaban J connectivity index is 2.22. The molecule has 0 spiro atoms. The van der Waals surface area contributed by atoms with Crippen molar-refractivity contribution in [2.75, 3.05) is 0 Å². The zero-order valence-corrected chi connectivity index (χ0v) is 16.4. The van der Waals surface area contributed by atoms with Crippen molar-refractivity contribution in [1.29, 1.82) is 0 Å². The molecule has 2 atom stereocenters. The van der Waals surface area contributed by atoms with E-state index in [1.807, 2.05) is 6.08 Å². The van der Waals surface area contributed by atoms with Crippen molar-refractivity contribution in [3.8, 4) is 0 Å². The number of hydrogen-bond acceptors (Lipinski definition) is 1. The van der Waals surface area contributed by atoms with E-state index in [1.54, 1.807) is 0 Å². The number of carbonyl (C=O) groups is 1. The van der Waals surface area contributed by atoms with Gasteiger partial charge in [0.1, 0.15) is 0 Å². The van der Waals surface area contributed by atoms with Gasteiger partial charge >= 0.3 is 147 Å². The van der Waals surface area contributed by atoms with Gasteiger partial charge in [0.2, 0.25) is 0 Å². The van der Waals surface area contributed by atoms with E-state index in [2.05, 4.69) is 70.2 Å². The maximum atomic E-state index is 12.6. The van der Waals surface area contributed by atoms with Crippen LogP contribution in [0.15, 0.2) is 54.1 Å². The molecule has 1 aromatic rings. The molecule has 2 rings (SSSR count). The summed E-state index contributed by atoms with van der Waals surface area (Å²) < 4.78 is 1.39. The van der Waals surface area contributed by atoms with Crippen molar-refractivity contribution in [2.24, 2.45) is 11.3 Å². The zero-order valence-electron chi connectivity index (χ0n) is 14.7. The second-order valence-electron chi connectivity index (χ2n) is 7.28. The van der Waals surface area contributed by atoms with Crippen molar-refractivity contribution >= 4 is 25.2 Å². The number of carbonyl (C=O) groups excluding carboxylic acids is 1. The maximum absolute atomic E-state index is 12.6. The third-order valence-corrected chi connectivity index (χ3v) is 7.66. The quantitative estimate of drug-likeness (QED) is 0.540. The summed E-state index contributed by atoms with van der Waals surface area (Å²) in [7, 11) is 0. The predicted octanol–water partition coefficient (Wildman–Crippen LogP) is 4.72. The average Bonchev–Trinajstić information content (AvgIpc) is 2.55. The molecule has 1 aromatic carbocycles. The zero-order chi connectivity index (χ0) is 16.9. The Hall–Kier alpha value is -1.11. The first kappa shape index (κ1) is 18.2. The average molecular weight is 375 g/mol. The third-order valence-electron chi connectivity index (χ3n) is 4.54. The monoisotopic (exact) mass is 376 g/mol. The molecule has 0 heterocycles. The van der Waals surface area contributed by atoms with Crippen LogP contribution < -0.4 is 4.46 Å². The normalized spacial score (nSPS) is 29.2. The van der Waals surface area contributed by atoms with Crippen LogP contribution in [0.5, 0.6) is 0 Å². The van der Waals surface area contributed by atoms with E-state index in [4.69, 9.17) is 0 Å². The van der Waals surface area contributed by atoms with Crippen LogP contribution in [-0.4, -0.2) is 20.7 Å². The first-order valence-corrected chi connectivity index (χ1v) is 10.3. The molecule has 0 saturated carbocycles. The molecule has 0 amide bonds. The summed E-state index contributed by atoms with van der Waals surface area (Å²) in [6, 6.07) is 10.7. The molecule has 0 radical (unpaired) electrons. The van der Waals surface area contributed by atoms with Gasteiger partial charge in [0.15, 0.2) is 0 Å². The second kappa shape index (κ2) is 8.13. The van der Waals surface area contributed by atoms with Gasteiger partial charge in [-0.3, -0.25) is 0 Å². The summed E-state index contributed by atoms with van der Waals surface area (Å²) >= 11 is 0.341. The summed E-state index contributed by atoms with van der Waals surface area (Å²) in [6.07, 6.45) is 9.52. The van der Waals surface area contributed by atoms with Crippen molar-refractivity contribution in [1.82, 2.24) is 0 Å². The molecule has 1 aliphatic rings. The Morgan fingerprint density at radius 1 is 1.17 bits per heavy atom. The molecule has 0 N–H and O–H groups in total. The topological polar surface area (TPSA) is 17.1 Å². The van der Waals surface area contributed by atoms with Crippen LogP contribution in [0.25, 0.3) is 0 Å². The molecular formula is C21H28OSe. The van der Waals surface area contributed by atoms with E-state index in [-0.39, 0.29) is 11.3 Å². The molecule has 0 bridgehead atoms. The summed E-state index contributed by atoms with van der Waals surface area (Å²) in [4.78, 5) is 13.1. The van der Waals surface area contributed by atoms with E-state index < -0.39 is 0 Å². The molecular weight excluding hydrogens is 347 g/mol. The first-order valence-electron chi connectivity index (χ1n) is 8.48. The number of benzene rings is 1. The van der Waals surface area contributed by atoms with E-state index in [0.717, 1.165) is 19.3 Å². The van der Waals surface area contributed by atoms with Crippen LogP contribution in [0, 0.1) is 11.3 Å². The summed E-state index contributed by atoms with van der Waals surface area (Å²) in [5.41, 5.74) is 1.52. The third kappa shape index (κ3) is 5.79. The minimum absolute atomic E-state index is 0.0566. The van der Waals surface area contributed by atoms with Gasteiger partial charge in [-0.25, -0.2) is 0 Å². The van der Waals surface area contributed by atoms with Crippen molar-refractivity contribution in [3.05, 3.63) is 54.1 Å². The first-order chi connectivity index (χ1) is 10.9. The molecule has 0 saturated heterocycles. The van der Waals surface area contributed by atoms with Crippen molar-refractivity contribution < 1.29 is 4.79 Å². The van der Waals surface area contributed by atoms with Crippen molar-refractivity contribution in [2.45, 2.75) is 51.8 Å². The summed E-state index contributed by atoms with van der Waals surface area (Å²) in [6.45, 7) is 8.76. The molecule has 0 fully saturated rings. The van der Waals surface area contributed by atoms with Crippen LogP contribution in [0.4, 0.5) is 0 Å². The Bertz CT molecular complexity index is 583. The van der Waals surface area contributed by atoms with Crippen LogP contribution in [0.1, 0.15) is 47.0 Å². The van der Waals surface area contributed by atoms with Crippen LogP contribution in [-0.2, 0) is 4.79 Å². The Morgan fingerprint density at radius 3 is 2.57 bits per heavy atom. The van der Waals surface area contributed by atoms with Gasteiger partial charge in [-0.15, -0.1) is 0 Å². The van der Waals surface area contributed by atoms with Crippen LogP contribution in [0.3, 0.4) is 0 Å².